The van der Waals surface area contributed by atoms with Crippen LogP contribution in [0.3, 0.4) is 0 Å². The smallest absolute Gasteiger partial charge is 0.120 e. The Morgan fingerprint density at radius 2 is 1.93 bits per heavy atom. The Morgan fingerprint density at radius 1 is 1.29 bits per heavy atom. The van der Waals surface area contributed by atoms with E-state index in [0.29, 0.717) is 12.2 Å². The van der Waals surface area contributed by atoms with Crippen LogP contribution in [-0.2, 0) is 6.54 Å². The molecule has 0 heterocycles. The maximum Gasteiger partial charge on any atom is 0.120 e. The minimum Gasteiger partial charge on any atom is -0.508 e. The average Bonchev–Trinajstić information content (AvgIpc) is 2.19. The van der Waals surface area contributed by atoms with Gasteiger partial charge in [0.2, 0.25) is 0 Å². The normalized spacial score (nSPS) is 10.8. The van der Waals surface area contributed by atoms with Gasteiger partial charge in [0, 0.05) is 12.1 Å². The largest absolute Gasteiger partial charge is 0.508 e. The van der Waals surface area contributed by atoms with Crippen molar-refractivity contribution in [3.05, 3.63) is 23.8 Å². The van der Waals surface area contributed by atoms with Gasteiger partial charge >= 0.3 is 0 Å². The Labute approximate surface area is 85.2 Å². The topological polar surface area (TPSA) is 47.3 Å². The summed E-state index contributed by atoms with van der Waals surface area (Å²) in [6.45, 7) is 6.80. The summed E-state index contributed by atoms with van der Waals surface area (Å²) in [5.41, 5.74) is 8.74. The third-order valence-corrected chi connectivity index (χ3v) is 2.37. The van der Waals surface area contributed by atoms with Gasteiger partial charge in [0.25, 0.3) is 0 Å². The number of benzene rings is 1. The number of hydrogen-bond acceptors (Lipinski definition) is 2. The molecule has 3 heteroatoms. The molecule has 0 atom stereocenters. The SMILES string of the molecule is CCN(CC)Cc1cc([NH])ccc1O. The summed E-state index contributed by atoms with van der Waals surface area (Å²) in [5.74, 6) is 0.285. The number of nitrogens with zero attached hydrogens (tertiary/aromatic N) is 1. The molecule has 77 valence electrons. The minimum absolute atomic E-state index is 0.285. The van der Waals surface area contributed by atoms with Crippen LogP contribution in [-0.4, -0.2) is 23.1 Å². The molecule has 0 amide bonds. The van der Waals surface area contributed by atoms with Crippen LogP contribution in [0.25, 0.3) is 0 Å². The predicted octanol–water partition coefficient (Wildman–Crippen LogP) is 2.15. The highest BCUT2D eigenvalue weighted by molar-refractivity contribution is 5.44. The number of rotatable bonds is 4. The van der Waals surface area contributed by atoms with E-state index >= 15 is 0 Å². The van der Waals surface area contributed by atoms with Gasteiger partial charge < -0.3 is 10.8 Å². The van der Waals surface area contributed by atoms with Gasteiger partial charge in [0.15, 0.2) is 0 Å². The van der Waals surface area contributed by atoms with E-state index in [-0.39, 0.29) is 5.75 Å². The van der Waals surface area contributed by atoms with E-state index in [1.807, 2.05) is 0 Å². The monoisotopic (exact) mass is 193 g/mol. The van der Waals surface area contributed by atoms with E-state index in [2.05, 4.69) is 18.7 Å². The van der Waals surface area contributed by atoms with Crippen molar-refractivity contribution in [1.29, 1.82) is 0 Å². The van der Waals surface area contributed by atoms with Crippen LogP contribution in [0.5, 0.6) is 5.75 Å². The zero-order valence-electron chi connectivity index (χ0n) is 8.75. The molecule has 1 radical (unpaired) electrons. The fourth-order valence-corrected chi connectivity index (χ4v) is 1.40. The van der Waals surface area contributed by atoms with Gasteiger partial charge in [-0.15, -0.1) is 0 Å². The van der Waals surface area contributed by atoms with E-state index in [1.165, 1.54) is 0 Å². The summed E-state index contributed by atoms with van der Waals surface area (Å²) in [6.07, 6.45) is 0. The van der Waals surface area contributed by atoms with E-state index < -0.39 is 0 Å². The molecule has 1 aromatic rings. The van der Waals surface area contributed by atoms with Gasteiger partial charge in [-0.25, -0.2) is 0 Å². The lowest BCUT2D eigenvalue weighted by molar-refractivity contribution is 0.291. The lowest BCUT2D eigenvalue weighted by Crippen LogP contribution is -2.22. The van der Waals surface area contributed by atoms with E-state index in [0.717, 1.165) is 18.7 Å². The van der Waals surface area contributed by atoms with E-state index in [9.17, 15) is 5.11 Å². The summed E-state index contributed by atoms with van der Waals surface area (Å²) in [7, 11) is 0. The lowest BCUT2D eigenvalue weighted by Gasteiger charge is -2.18. The average molecular weight is 193 g/mol. The molecule has 0 aromatic heterocycles. The molecule has 14 heavy (non-hydrogen) atoms. The first-order valence-electron chi connectivity index (χ1n) is 4.93. The summed E-state index contributed by atoms with van der Waals surface area (Å²) in [4.78, 5) is 2.20. The Balaban J connectivity index is 2.79. The second kappa shape index (κ2) is 4.86. The van der Waals surface area contributed by atoms with Gasteiger partial charge in [-0.2, -0.15) is 0 Å². The van der Waals surface area contributed by atoms with Crippen molar-refractivity contribution in [2.45, 2.75) is 20.4 Å². The fraction of sp³-hybridized carbons (Fsp3) is 0.455. The van der Waals surface area contributed by atoms with Gasteiger partial charge in [-0.05, 0) is 31.3 Å². The van der Waals surface area contributed by atoms with Crippen LogP contribution in [0, 0.1) is 0 Å². The van der Waals surface area contributed by atoms with Crippen LogP contribution in [0.4, 0.5) is 5.69 Å². The number of aromatic hydroxyl groups is 1. The van der Waals surface area contributed by atoms with Crippen LogP contribution in [0.15, 0.2) is 18.2 Å². The number of hydrogen-bond donors (Lipinski definition) is 1. The molecule has 0 aliphatic rings. The van der Waals surface area contributed by atoms with Crippen LogP contribution in [0.2, 0.25) is 0 Å². The van der Waals surface area contributed by atoms with Crippen molar-refractivity contribution in [2.75, 3.05) is 13.1 Å². The molecule has 0 saturated heterocycles. The molecule has 3 nitrogen and oxygen atoms in total. The quantitative estimate of drug-likeness (QED) is 0.745. The molecule has 0 aliphatic carbocycles. The van der Waals surface area contributed by atoms with Crippen molar-refractivity contribution in [1.82, 2.24) is 10.6 Å². The predicted molar refractivity (Wildman–Crippen MR) is 57.5 cm³/mol. The van der Waals surface area contributed by atoms with E-state index in [4.69, 9.17) is 5.73 Å². The Morgan fingerprint density at radius 3 is 2.50 bits per heavy atom. The maximum atomic E-state index is 9.56. The Hall–Kier alpha value is -1.22. The molecule has 2 N–H and O–H groups in total. The second-order valence-electron chi connectivity index (χ2n) is 3.30. The zero-order chi connectivity index (χ0) is 10.6. The molecule has 0 spiro atoms. The van der Waals surface area contributed by atoms with Crippen LogP contribution >= 0.6 is 0 Å². The Kier molecular flexibility index (Phi) is 3.77. The lowest BCUT2D eigenvalue weighted by atomic mass is 10.1. The standard InChI is InChI=1S/C11H17N2O/c1-3-13(4-2)8-9-7-10(12)5-6-11(9)14/h5-7,12,14H,3-4,8H2,1-2H3. The zero-order valence-corrected chi connectivity index (χ0v) is 8.75. The third kappa shape index (κ3) is 2.64. The van der Waals surface area contributed by atoms with E-state index in [1.54, 1.807) is 18.2 Å². The second-order valence-corrected chi connectivity index (χ2v) is 3.30. The summed E-state index contributed by atoms with van der Waals surface area (Å²) >= 11 is 0. The molecule has 0 saturated carbocycles. The summed E-state index contributed by atoms with van der Waals surface area (Å²) in [5, 5.41) is 9.56. The highest BCUT2D eigenvalue weighted by atomic mass is 16.3. The first-order chi connectivity index (χ1) is 6.67. The first-order valence-corrected chi connectivity index (χ1v) is 4.93. The highest BCUT2D eigenvalue weighted by Gasteiger charge is 2.05. The van der Waals surface area contributed by atoms with Gasteiger partial charge in [0.1, 0.15) is 5.75 Å². The van der Waals surface area contributed by atoms with Crippen molar-refractivity contribution < 1.29 is 5.11 Å². The number of phenols is 1. The van der Waals surface area contributed by atoms with Crippen molar-refractivity contribution in [3.8, 4) is 5.75 Å². The minimum atomic E-state index is 0.285. The summed E-state index contributed by atoms with van der Waals surface area (Å²) < 4.78 is 0. The van der Waals surface area contributed by atoms with Gasteiger partial charge in [-0.3, -0.25) is 4.90 Å². The fourth-order valence-electron chi connectivity index (χ4n) is 1.40. The third-order valence-electron chi connectivity index (χ3n) is 2.37. The molecule has 0 fully saturated rings. The molecular formula is C11H17N2O. The molecule has 1 rings (SSSR count). The molecule has 0 bridgehead atoms. The highest BCUT2D eigenvalue weighted by Crippen LogP contribution is 2.21. The van der Waals surface area contributed by atoms with Gasteiger partial charge in [0.05, 0.1) is 5.69 Å². The van der Waals surface area contributed by atoms with Crippen molar-refractivity contribution in [3.63, 3.8) is 0 Å². The van der Waals surface area contributed by atoms with Crippen LogP contribution in [0.1, 0.15) is 19.4 Å². The van der Waals surface area contributed by atoms with Crippen molar-refractivity contribution in [2.24, 2.45) is 0 Å². The number of phenolic OH excluding ortho intramolecular Hbond substituents is 1. The van der Waals surface area contributed by atoms with Gasteiger partial charge in [-0.1, -0.05) is 13.8 Å². The van der Waals surface area contributed by atoms with Crippen LogP contribution < -0.4 is 5.73 Å². The maximum absolute atomic E-state index is 9.56. The first kappa shape index (κ1) is 10.9. The molecule has 1 aromatic carbocycles. The Bertz CT molecular complexity index is 295. The van der Waals surface area contributed by atoms with Crippen molar-refractivity contribution >= 4 is 5.69 Å². The number of nitrogens with one attached hydrogen (secondary N) is 1. The molecule has 0 unspecified atom stereocenters. The molecule has 0 aliphatic heterocycles. The summed E-state index contributed by atoms with van der Waals surface area (Å²) in [6, 6.07) is 4.90. The molecular weight excluding hydrogens is 176 g/mol.